The maximum atomic E-state index is 12.2. The Morgan fingerprint density at radius 1 is 1.31 bits per heavy atom. The number of hydrogen-bond donors (Lipinski definition) is 1. The minimum absolute atomic E-state index is 0.519. The van der Waals surface area contributed by atoms with E-state index >= 15 is 0 Å². The lowest BCUT2D eigenvalue weighted by Crippen LogP contribution is -2.13. The molecule has 88 valence electrons. The van der Waals surface area contributed by atoms with Gasteiger partial charge < -0.3 is 9.52 Å². The Balaban J connectivity index is 3.41. The molecule has 0 atom stereocenters. The third kappa shape index (κ3) is 2.20. The van der Waals surface area contributed by atoms with E-state index in [0.29, 0.717) is 12.3 Å². The summed E-state index contributed by atoms with van der Waals surface area (Å²) in [5.74, 6) is -3.04. The van der Waals surface area contributed by atoms with E-state index in [9.17, 15) is 26.7 Å². The fourth-order valence-electron chi connectivity index (χ4n) is 1.03. The average Bonchev–Trinajstić information content (AvgIpc) is 2.48. The van der Waals surface area contributed by atoms with Crippen molar-refractivity contribution in [3.8, 4) is 0 Å². The van der Waals surface area contributed by atoms with Crippen LogP contribution in [0.15, 0.2) is 22.8 Å². The minimum atomic E-state index is -5.35. The van der Waals surface area contributed by atoms with Gasteiger partial charge in [0.05, 0.1) is 6.26 Å². The van der Waals surface area contributed by atoms with Gasteiger partial charge in [0.15, 0.2) is 0 Å². The van der Waals surface area contributed by atoms with E-state index < -0.39 is 35.1 Å². The van der Waals surface area contributed by atoms with Crippen molar-refractivity contribution in [3.63, 3.8) is 0 Å². The van der Waals surface area contributed by atoms with Gasteiger partial charge in [-0.3, -0.25) is 0 Å². The van der Waals surface area contributed by atoms with Crippen LogP contribution >= 0.6 is 0 Å². The van der Waals surface area contributed by atoms with Crippen molar-refractivity contribution in [2.24, 2.45) is 0 Å². The van der Waals surface area contributed by atoms with Crippen LogP contribution in [0.5, 0.6) is 0 Å². The molecular weight excluding hydrogens is 239 g/mol. The summed E-state index contributed by atoms with van der Waals surface area (Å²) in [7, 11) is 0. The summed E-state index contributed by atoms with van der Waals surface area (Å²) in [6.45, 7) is 0. The molecule has 1 aromatic heterocycles. The highest BCUT2D eigenvalue weighted by molar-refractivity contribution is 5.92. The van der Waals surface area contributed by atoms with Crippen LogP contribution in [0, 0.1) is 0 Å². The fraction of sp³-hybridized carbons (Fsp3) is 0.125. The van der Waals surface area contributed by atoms with Crippen LogP contribution in [-0.4, -0.2) is 17.3 Å². The molecule has 0 unspecified atom stereocenters. The van der Waals surface area contributed by atoms with Gasteiger partial charge in [0, 0.05) is 5.56 Å². The summed E-state index contributed by atoms with van der Waals surface area (Å²) in [5, 5.41) is 8.42. The van der Waals surface area contributed by atoms with Crippen molar-refractivity contribution in [2.75, 3.05) is 0 Å². The maximum Gasteiger partial charge on any atom is 0.422 e. The van der Waals surface area contributed by atoms with Crippen molar-refractivity contribution in [1.82, 2.24) is 0 Å². The van der Waals surface area contributed by atoms with E-state index in [-0.39, 0.29) is 0 Å². The van der Waals surface area contributed by atoms with Crippen LogP contribution in [-0.2, 0) is 0 Å². The molecule has 8 heteroatoms. The predicted octanol–water partition coefficient (Wildman–Crippen LogP) is 3.15. The smallest absolute Gasteiger partial charge is 0.422 e. The summed E-state index contributed by atoms with van der Waals surface area (Å²) in [6, 6.07) is 0.519. The van der Waals surface area contributed by atoms with Gasteiger partial charge in [-0.15, -0.1) is 0 Å². The molecule has 0 aliphatic heterocycles. The first-order valence-corrected chi connectivity index (χ1v) is 3.68. The van der Waals surface area contributed by atoms with Crippen molar-refractivity contribution in [2.45, 2.75) is 6.18 Å². The molecule has 0 amide bonds. The van der Waals surface area contributed by atoms with E-state index in [1.165, 1.54) is 0 Å². The van der Waals surface area contributed by atoms with E-state index in [0.717, 1.165) is 0 Å². The Morgan fingerprint density at radius 3 is 2.25 bits per heavy atom. The zero-order valence-corrected chi connectivity index (χ0v) is 7.31. The van der Waals surface area contributed by atoms with Crippen LogP contribution < -0.4 is 0 Å². The molecule has 1 aromatic rings. The van der Waals surface area contributed by atoms with Crippen LogP contribution in [0.2, 0.25) is 0 Å². The van der Waals surface area contributed by atoms with E-state index in [1.54, 1.807) is 0 Å². The first-order valence-electron chi connectivity index (χ1n) is 3.68. The number of rotatable bonds is 2. The summed E-state index contributed by atoms with van der Waals surface area (Å²) >= 11 is 0. The van der Waals surface area contributed by atoms with Crippen LogP contribution in [0.4, 0.5) is 22.0 Å². The molecule has 0 radical (unpaired) electrons. The normalized spacial score (nSPS) is 11.3. The predicted molar refractivity (Wildman–Crippen MR) is 40.9 cm³/mol. The van der Waals surface area contributed by atoms with Crippen molar-refractivity contribution in [1.29, 1.82) is 0 Å². The van der Waals surface area contributed by atoms with Gasteiger partial charge in [-0.25, -0.2) is 4.79 Å². The minimum Gasteiger partial charge on any atom is -0.475 e. The lowest BCUT2D eigenvalue weighted by atomic mass is 10.1. The second kappa shape index (κ2) is 3.95. The average molecular weight is 242 g/mol. The second-order valence-corrected chi connectivity index (χ2v) is 2.60. The first kappa shape index (κ1) is 12.2. The SMILES string of the molecule is O=C(O)c1occc1C(=C(F)F)C(F)(F)F. The molecule has 0 fully saturated rings. The van der Waals surface area contributed by atoms with Crippen LogP contribution in [0.25, 0.3) is 5.57 Å². The van der Waals surface area contributed by atoms with Crippen molar-refractivity contribution >= 4 is 11.5 Å². The fourth-order valence-corrected chi connectivity index (χ4v) is 1.03. The Labute approximate surface area is 84.8 Å². The van der Waals surface area contributed by atoms with Gasteiger partial charge in [-0.2, -0.15) is 22.0 Å². The second-order valence-electron chi connectivity index (χ2n) is 2.60. The molecule has 1 N–H and O–H groups in total. The Kier molecular flexibility index (Phi) is 3.02. The molecule has 0 aliphatic rings. The molecule has 0 spiro atoms. The zero-order valence-electron chi connectivity index (χ0n) is 7.31. The zero-order chi connectivity index (χ0) is 12.5. The standard InChI is InChI=1S/C8H3F5O3/c9-6(10)4(8(11,12)13)3-1-2-16-5(3)7(14)15/h1-2H,(H,14,15). The molecule has 0 saturated carbocycles. The van der Waals surface area contributed by atoms with Gasteiger partial charge in [0.25, 0.3) is 6.08 Å². The quantitative estimate of drug-likeness (QED) is 0.810. The first-order chi connectivity index (χ1) is 7.25. The monoisotopic (exact) mass is 242 g/mol. The van der Waals surface area contributed by atoms with E-state index in [4.69, 9.17) is 5.11 Å². The van der Waals surface area contributed by atoms with Crippen molar-refractivity contribution < 1.29 is 36.3 Å². The molecule has 1 rings (SSSR count). The highest BCUT2D eigenvalue weighted by Crippen LogP contribution is 2.39. The van der Waals surface area contributed by atoms with E-state index in [1.807, 2.05) is 0 Å². The van der Waals surface area contributed by atoms with Crippen molar-refractivity contribution in [3.05, 3.63) is 29.7 Å². The summed E-state index contributed by atoms with van der Waals surface area (Å²) in [5.41, 5.74) is -3.50. The molecule has 0 saturated heterocycles. The summed E-state index contributed by atoms with van der Waals surface area (Å²) in [6.07, 6.45) is -7.78. The molecule has 3 nitrogen and oxygen atoms in total. The summed E-state index contributed by atoms with van der Waals surface area (Å²) < 4.78 is 65.1. The Hall–Kier alpha value is -1.86. The number of furan rings is 1. The van der Waals surface area contributed by atoms with Gasteiger partial charge in [0.1, 0.15) is 5.57 Å². The van der Waals surface area contributed by atoms with Crippen LogP contribution in [0.3, 0.4) is 0 Å². The Morgan fingerprint density at radius 2 is 1.88 bits per heavy atom. The summed E-state index contributed by atoms with van der Waals surface area (Å²) in [4.78, 5) is 10.4. The lowest BCUT2D eigenvalue weighted by Gasteiger charge is -2.08. The van der Waals surface area contributed by atoms with Gasteiger partial charge >= 0.3 is 12.1 Å². The number of hydrogen-bond acceptors (Lipinski definition) is 2. The number of allylic oxidation sites excluding steroid dienone is 1. The molecule has 0 aliphatic carbocycles. The van der Waals surface area contributed by atoms with Gasteiger partial charge in [-0.05, 0) is 6.07 Å². The molecular formula is C8H3F5O3. The highest BCUT2D eigenvalue weighted by atomic mass is 19.4. The number of aromatic carboxylic acids is 1. The number of alkyl halides is 3. The third-order valence-corrected chi connectivity index (χ3v) is 1.60. The van der Waals surface area contributed by atoms with E-state index in [2.05, 4.69) is 4.42 Å². The number of carboxylic acid groups (broad SMARTS) is 1. The topological polar surface area (TPSA) is 50.4 Å². The third-order valence-electron chi connectivity index (χ3n) is 1.60. The molecule has 0 bridgehead atoms. The Bertz CT molecular complexity index is 439. The van der Waals surface area contributed by atoms with Gasteiger partial charge in [-0.1, -0.05) is 0 Å². The lowest BCUT2D eigenvalue weighted by molar-refractivity contribution is -0.0711. The van der Waals surface area contributed by atoms with Crippen LogP contribution in [0.1, 0.15) is 16.1 Å². The number of carboxylic acids is 1. The maximum absolute atomic E-state index is 12.2. The van der Waals surface area contributed by atoms with Gasteiger partial charge in [0.2, 0.25) is 5.76 Å². The molecule has 0 aromatic carbocycles. The number of carbonyl (C=O) groups is 1. The molecule has 16 heavy (non-hydrogen) atoms. The molecule has 1 heterocycles. The largest absolute Gasteiger partial charge is 0.475 e. The number of halogens is 5. The highest BCUT2D eigenvalue weighted by Gasteiger charge is 2.41.